The first kappa shape index (κ1) is 14.6. The van der Waals surface area contributed by atoms with E-state index >= 15 is 0 Å². The van der Waals surface area contributed by atoms with E-state index in [4.69, 9.17) is 4.74 Å². The number of nitrogens with one attached hydrogen (secondary N) is 1. The Morgan fingerprint density at radius 1 is 1.45 bits per heavy atom. The van der Waals surface area contributed by atoms with E-state index in [1.807, 2.05) is 0 Å². The lowest BCUT2D eigenvalue weighted by molar-refractivity contribution is -0.384. The van der Waals surface area contributed by atoms with Gasteiger partial charge in [0.2, 0.25) is 0 Å². The molecule has 0 unspecified atom stereocenters. The van der Waals surface area contributed by atoms with E-state index in [0.29, 0.717) is 5.75 Å². The fourth-order valence-corrected chi connectivity index (χ4v) is 2.29. The monoisotopic (exact) mass is 279 g/mol. The molecule has 0 heterocycles. The van der Waals surface area contributed by atoms with Crippen LogP contribution in [0.3, 0.4) is 0 Å². The summed E-state index contributed by atoms with van der Waals surface area (Å²) in [4.78, 5) is 12.9. The fraction of sp³-hybridized carbons (Fsp3) is 0.571. The van der Waals surface area contributed by atoms with Crippen LogP contribution in [0.25, 0.3) is 0 Å². The van der Waals surface area contributed by atoms with Gasteiger partial charge in [-0.05, 0) is 19.4 Å². The number of methoxy groups -OCH3 is 1. The summed E-state index contributed by atoms with van der Waals surface area (Å²) in [7, 11) is 1.51. The normalized spacial score (nSPS) is 14.3. The number of rotatable bonds is 8. The van der Waals surface area contributed by atoms with Gasteiger partial charge in [0.1, 0.15) is 5.75 Å². The van der Waals surface area contributed by atoms with E-state index in [0.717, 1.165) is 31.4 Å². The minimum Gasteiger partial charge on any atom is -0.496 e. The van der Waals surface area contributed by atoms with Crippen LogP contribution in [0.1, 0.15) is 19.8 Å². The molecule has 0 bridgehead atoms. The summed E-state index contributed by atoms with van der Waals surface area (Å²) in [5.41, 5.74) is 0.768. The second-order valence-corrected chi connectivity index (χ2v) is 4.96. The van der Waals surface area contributed by atoms with Crippen LogP contribution in [0, 0.1) is 10.1 Å². The van der Waals surface area contributed by atoms with Crippen LogP contribution in [-0.2, 0) is 0 Å². The maximum absolute atomic E-state index is 10.9. The van der Waals surface area contributed by atoms with Crippen LogP contribution in [-0.4, -0.2) is 42.6 Å². The topological polar surface area (TPSA) is 67.6 Å². The van der Waals surface area contributed by atoms with E-state index in [9.17, 15) is 10.1 Å². The molecule has 1 aromatic carbocycles. The van der Waals surface area contributed by atoms with Crippen molar-refractivity contribution in [2.24, 2.45) is 0 Å². The molecule has 6 nitrogen and oxygen atoms in total. The Balaban J connectivity index is 1.94. The first-order valence-corrected chi connectivity index (χ1v) is 6.95. The predicted octanol–water partition coefficient (Wildman–Crippen LogP) is 2.50. The Hall–Kier alpha value is -1.82. The smallest absolute Gasteiger partial charge is 0.275 e. The minimum absolute atomic E-state index is 0.0430. The summed E-state index contributed by atoms with van der Waals surface area (Å²) >= 11 is 0. The summed E-state index contributed by atoms with van der Waals surface area (Å²) < 4.78 is 5.09. The summed E-state index contributed by atoms with van der Waals surface area (Å²) in [6.45, 7) is 4.93. The highest BCUT2D eigenvalue weighted by atomic mass is 16.6. The zero-order chi connectivity index (χ0) is 14.5. The zero-order valence-electron chi connectivity index (χ0n) is 12.0. The number of nitrogens with zero attached hydrogens (tertiary/aromatic N) is 2. The number of non-ortho nitro benzene ring substituents is 1. The van der Waals surface area contributed by atoms with Crippen molar-refractivity contribution in [1.82, 2.24) is 4.90 Å². The Morgan fingerprint density at radius 3 is 2.75 bits per heavy atom. The standard InChI is InChI=1S/C14H21N3O3/c1-3-16(12-4-5-12)7-6-15-11-8-13(17(18)19)10-14(9-11)20-2/h8-10,12,15H,3-7H2,1-2H3. The van der Waals surface area contributed by atoms with E-state index in [1.165, 1.54) is 32.1 Å². The van der Waals surface area contributed by atoms with Crippen molar-refractivity contribution < 1.29 is 9.66 Å². The molecule has 20 heavy (non-hydrogen) atoms. The Morgan fingerprint density at radius 2 is 2.20 bits per heavy atom. The van der Waals surface area contributed by atoms with Gasteiger partial charge in [-0.1, -0.05) is 6.92 Å². The van der Waals surface area contributed by atoms with E-state index in [1.54, 1.807) is 6.07 Å². The molecule has 1 aromatic rings. The quantitative estimate of drug-likeness (QED) is 0.585. The van der Waals surface area contributed by atoms with Crippen LogP contribution < -0.4 is 10.1 Å². The van der Waals surface area contributed by atoms with Gasteiger partial charge >= 0.3 is 0 Å². The summed E-state index contributed by atoms with van der Waals surface area (Å²) in [6.07, 6.45) is 2.58. The van der Waals surface area contributed by atoms with E-state index < -0.39 is 4.92 Å². The second-order valence-electron chi connectivity index (χ2n) is 4.96. The van der Waals surface area contributed by atoms with Gasteiger partial charge in [-0.25, -0.2) is 0 Å². The first-order chi connectivity index (χ1) is 9.63. The maximum atomic E-state index is 10.9. The summed E-state index contributed by atoms with van der Waals surface area (Å²) in [5, 5.41) is 14.1. The summed E-state index contributed by atoms with van der Waals surface area (Å²) in [5.74, 6) is 0.497. The van der Waals surface area contributed by atoms with Gasteiger partial charge in [-0.15, -0.1) is 0 Å². The third-order valence-corrected chi connectivity index (χ3v) is 3.54. The van der Waals surface area contributed by atoms with Gasteiger partial charge < -0.3 is 10.1 Å². The number of hydrogen-bond donors (Lipinski definition) is 1. The van der Waals surface area contributed by atoms with Crippen LogP contribution in [0.2, 0.25) is 0 Å². The predicted molar refractivity (Wildman–Crippen MR) is 78.4 cm³/mol. The fourth-order valence-electron chi connectivity index (χ4n) is 2.29. The number of nitro benzene ring substituents is 1. The van der Waals surface area contributed by atoms with Crippen LogP contribution in [0.5, 0.6) is 5.75 Å². The van der Waals surface area contributed by atoms with Gasteiger partial charge in [0.25, 0.3) is 5.69 Å². The molecule has 0 aromatic heterocycles. The molecule has 1 saturated carbocycles. The zero-order valence-corrected chi connectivity index (χ0v) is 12.0. The number of likely N-dealkylation sites (N-methyl/N-ethyl adjacent to an activating group) is 1. The molecule has 2 rings (SSSR count). The minimum atomic E-state index is -0.407. The Kier molecular flexibility index (Phi) is 4.79. The number of ether oxygens (including phenoxy) is 1. The highest BCUT2D eigenvalue weighted by Crippen LogP contribution is 2.27. The molecule has 0 aliphatic heterocycles. The first-order valence-electron chi connectivity index (χ1n) is 6.95. The molecule has 0 radical (unpaired) electrons. The third kappa shape index (κ3) is 3.84. The number of benzene rings is 1. The molecule has 1 fully saturated rings. The maximum Gasteiger partial charge on any atom is 0.275 e. The highest BCUT2D eigenvalue weighted by molar-refractivity contribution is 5.56. The molecule has 0 atom stereocenters. The Bertz CT molecular complexity index is 475. The van der Waals surface area contributed by atoms with Crippen molar-refractivity contribution in [3.63, 3.8) is 0 Å². The molecule has 0 amide bonds. The number of nitro groups is 1. The van der Waals surface area contributed by atoms with Gasteiger partial charge in [-0.2, -0.15) is 0 Å². The lowest BCUT2D eigenvalue weighted by Gasteiger charge is -2.20. The van der Waals surface area contributed by atoms with Crippen LogP contribution in [0.4, 0.5) is 11.4 Å². The van der Waals surface area contributed by atoms with Gasteiger partial charge in [-0.3, -0.25) is 15.0 Å². The molecular formula is C14H21N3O3. The van der Waals surface area contributed by atoms with Crippen molar-refractivity contribution in [3.05, 3.63) is 28.3 Å². The molecule has 1 N–H and O–H groups in total. The van der Waals surface area contributed by atoms with Gasteiger partial charge in [0.15, 0.2) is 0 Å². The average Bonchev–Trinajstić information content (AvgIpc) is 3.27. The second kappa shape index (κ2) is 6.56. The lowest BCUT2D eigenvalue weighted by Crippen LogP contribution is -2.30. The number of hydrogen-bond acceptors (Lipinski definition) is 5. The molecular weight excluding hydrogens is 258 g/mol. The van der Waals surface area contributed by atoms with Gasteiger partial charge in [0.05, 0.1) is 18.1 Å². The van der Waals surface area contributed by atoms with Crippen molar-refractivity contribution in [3.8, 4) is 5.75 Å². The van der Waals surface area contributed by atoms with Crippen molar-refractivity contribution in [2.45, 2.75) is 25.8 Å². The van der Waals surface area contributed by atoms with E-state index in [2.05, 4.69) is 17.1 Å². The molecule has 1 aliphatic carbocycles. The molecule has 0 saturated heterocycles. The Labute approximate surface area is 118 Å². The van der Waals surface area contributed by atoms with Crippen LogP contribution >= 0.6 is 0 Å². The van der Waals surface area contributed by atoms with Crippen molar-refractivity contribution in [2.75, 3.05) is 32.1 Å². The molecule has 1 aliphatic rings. The third-order valence-electron chi connectivity index (χ3n) is 3.54. The summed E-state index contributed by atoms with van der Waals surface area (Å²) in [6, 6.07) is 5.48. The van der Waals surface area contributed by atoms with Crippen molar-refractivity contribution in [1.29, 1.82) is 0 Å². The number of anilines is 1. The molecule has 110 valence electrons. The lowest BCUT2D eigenvalue weighted by atomic mass is 10.2. The SMILES string of the molecule is CCN(CCNc1cc(OC)cc([N+](=O)[O-])c1)C1CC1. The van der Waals surface area contributed by atoms with E-state index in [-0.39, 0.29) is 5.69 Å². The molecule has 6 heteroatoms. The highest BCUT2D eigenvalue weighted by Gasteiger charge is 2.27. The largest absolute Gasteiger partial charge is 0.496 e. The van der Waals surface area contributed by atoms with Crippen LogP contribution in [0.15, 0.2) is 18.2 Å². The van der Waals surface area contributed by atoms with Gasteiger partial charge in [0, 0.05) is 37.0 Å². The van der Waals surface area contributed by atoms with Crippen molar-refractivity contribution >= 4 is 11.4 Å². The molecule has 0 spiro atoms. The average molecular weight is 279 g/mol.